The Balaban J connectivity index is 1.57. The highest BCUT2D eigenvalue weighted by atomic mass is 16.5. The molecule has 0 atom stereocenters. The zero-order chi connectivity index (χ0) is 31.0. The Kier molecular flexibility index (Phi) is 6.67. The number of hydrogen-bond acceptors (Lipinski definition) is 3. The second kappa shape index (κ2) is 11.3. The molecule has 0 spiro atoms. The fourth-order valence-corrected chi connectivity index (χ4v) is 6.26. The number of ether oxygens (including phenoxy) is 1. The van der Waals surface area contributed by atoms with Crippen LogP contribution in [0.3, 0.4) is 0 Å². The molecule has 46 heavy (non-hydrogen) atoms. The maximum absolute atomic E-state index is 6.15. The number of fused-ring (bicyclic) bond motifs is 8. The monoisotopic (exact) mass is 592 g/mol. The molecule has 218 valence electrons. The summed E-state index contributed by atoms with van der Waals surface area (Å²) in [5, 5.41) is 0. The number of nitrogens with zero attached hydrogens (tertiary/aromatic N) is 2. The number of rotatable bonds is 4. The Morgan fingerprint density at radius 2 is 0.978 bits per heavy atom. The molecule has 3 aromatic heterocycles. The lowest BCUT2D eigenvalue weighted by Crippen LogP contribution is -1.90. The topological polar surface area (TPSA) is 66.6 Å². The lowest BCUT2D eigenvalue weighted by Gasteiger charge is -2.07. The molecule has 0 saturated heterocycles. The fraction of sp³-hybridized carbons (Fsp3) is 0.0244. The summed E-state index contributed by atoms with van der Waals surface area (Å²) in [6.45, 7) is 0. The van der Waals surface area contributed by atoms with Crippen LogP contribution in [0.2, 0.25) is 0 Å². The minimum Gasteiger partial charge on any atom is -0.497 e. The lowest BCUT2D eigenvalue weighted by molar-refractivity contribution is 0.415. The SMILES string of the molecule is C#Cc1c2nc(c(-c3ccccc3)c3ccc([nH]3)c(-c3cccc(OC)c3)c3nc(c(-c4ccccc4)c4ccc1[nH]4)C=C3)C=C2. The molecule has 6 aromatic rings. The molecule has 2 aliphatic heterocycles. The van der Waals surface area contributed by atoms with Gasteiger partial charge in [-0.05, 0) is 77.4 Å². The van der Waals surface area contributed by atoms with Gasteiger partial charge in [0.05, 0.1) is 41.0 Å². The van der Waals surface area contributed by atoms with Crippen molar-refractivity contribution in [3.05, 3.63) is 138 Å². The zero-order valence-electron chi connectivity index (χ0n) is 25.1. The van der Waals surface area contributed by atoms with Crippen LogP contribution in [0.5, 0.6) is 5.75 Å². The van der Waals surface area contributed by atoms with Crippen molar-refractivity contribution in [3.8, 4) is 51.5 Å². The van der Waals surface area contributed by atoms with Crippen LogP contribution < -0.4 is 4.74 Å². The molecule has 5 heterocycles. The molecule has 3 aromatic carbocycles. The van der Waals surface area contributed by atoms with E-state index >= 15 is 0 Å². The average molecular weight is 593 g/mol. The Morgan fingerprint density at radius 3 is 1.52 bits per heavy atom. The van der Waals surface area contributed by atoms with Gasteiger partial charge in [-0.2, -0.15) is 0 Å². The number of methoxy groups -OCH3 is 1. The highest BCUT2D eigenvalue weighted by molar-refractivity contribution is 5.98. The summed E-state index contributed by atoms with van der Waals surface area (Å²) >= 11 is 0. The number of benzene rings is 3. The van der Waals surface area contributed by atoms with Gasteiger partial charge in [0.15, 0.2) is 0 Å². The minimum atomic E-state index is 0.696. The first-order valence-corrected chi connectivity index (χ1v) is 15.1. The van der Waals surface area contributed by atoms with E-state index in [9.17, 15) is 0 Å². The molecule has 0 unspecified atom stereocenters. The standard InChI is InChI=1S/C41H28N4O/c1-3-30-31-17-19-33(42-31)39(26-11-6-4-7-12-26)35-21-23-37(44-35)41(28-15-10-16-29(25-28)46-2)38-24-22-36(45-38)40(27-13-8-5-9-14-27)34-20-18-32(30)43-34/h1,4-25,42,45H,2H3. The van der Waals surface area contributed by atoms with Crippen molar-refractivity contribution >= 4 is 46.4 Å². The molecule has 0 aliphatic carbocycles. The van der Waals surface area contributed by atoms with E-state index in [2.05, 4.69) is 76.6 Å². The quantitative estimate of drug-likeness (QED) is 0.200. The molecule has 0 saturated carbocycles. The van der Waals surface area contributed by atoms with Crippen LogP contribution in [0, 0.1) is 12.3 Å². The van der Waals surface area contributed by atoms with Crippen molar-refractivity contribution in [1.82, 2.24) is 19.9 Å². The van der Waals surface area contributed by atoms with Crippen LogP contribution in [0.4, 0.5) is 0 Å². The average Bonchev–Trinajstić information content (AvgIpc) is 3.93. The van der Waals surface area contributed by atoms with Gasteiger partial charge in [-0.15, -0.1) is 6.42 Å². The van der Waals surface area contributed by atoms with Gasteiger partial charge in [0.1, 0.15) is 5.75 Å². The van der Waals surface area contributed by atoms with Gasteiger partial charge in [0.25, 0.3) is 0 Å². The summed E-state index contributed by atoms with van der Waals surface area (Å²) < 4.78 is 5.63. The Bertz CT molecular complexity index is 2370. The van der Waals surface area contributed by atoms with Crippen LogP contribution in [0.25, 0.3) is 79.8 Å². The third-order valence-corrected chi connectivity index (χ3v) is 8.38. The Hall–Kier alpha value is -6.38. The molecule has 0 radical (unpaired) electrons. The van der Waals surface area contributed by atoms with Crippen LogP contribution in [0.1, 0.15) is 28.3 Å². The number of H-pyrrole nitrogens is 2. The van der Waals surface area contributed by atoms with Gasteiger partial charge in [-0.3, -0.25) is 0 Å². The minimum absolute atomic E-state index is 0.696. The zero-order valence-corrected chi connectivity index (χ0v) is 25.1. The highest BCUT2D eigenvalue weighted by Crippen LogP contribution is 2.37. The van der Waals surface area contributed by atoms with Crippen LogP contribution >= 0.6 is 0 Å². The first-order valence-electron chi connectivity index (χ1n) is 15.1. The lowest BCUT2D eigenvalue weighted by atomic mass is 10.0. The largest absolute Gasteiger partial charge is 0.497 e. The maximum Gasteiger partial charge on any atom is 0.119 e. The van der Waals surface area contributed by atoms with E-state index in [0.29, 0.717) is 5.56 Å². The molecular formula is C41H28N4O. The Morgan fingerprint density at radius 1 is 0.522 bits per heavy atom. The Labute approximate surface area is 266 Å². The van der Waals surface area contributed by atoms with Gasteiger partial charge < -0.3 is 14.7 Å². The number of hydrogen-bond donors (Lipinski definition) is 2. The predicted octanol–water partition coefficient (Wildman–Crippen LogP) is 9.65. The summed E-state index contributed by atoms with van der Waals surface area (Å²) in [6, 6.07) is 37.0. The van der Waals surface area contributed by atoms with E-state index in [1.807, 2.05) is 72.8 Å². The van der Waals surface area contributed by atoms with E-state index < -0.39 is 0 Å². The summed E-state index contributed by atoms with van der Waals surface area (Å²) in [4.78, 5) is 17.7. The van der Waals surface area contributed by atoms with Gasteiger partial charge in [0, 0.05) is 33.2 Å². The third kappa shape index (κ3) is 4.70. The molecule has 0 fully saturated rings. The van der Waals surface area contributed by atoms with Crippen molar-refractivity contribution in [2.24, 2.45) is 0 Å². The number of nitrogens with one attached hydrogen (secondary N) is 2. The highest BCUT2D eigenvalue weighted by Gasteiger charge is 2.18. The van der Waals surface area contributed by atoms with E-state index in [1.54, 1.807) is 7.11 Å². The molecule has 5 heteroatoms. The van der Waals surface area contributed by atoms with E-state index in [0.717, 1.165) is 84.0 Å². The van der Waals surface area contributed by atoms with Crippen molar-refractivity contribution in [3.63, 3.8) is 0 Å². The summed E-state index contributed by atoms with van der Waals surface area (Å²) in [6.07, 6.45) is 14.3. The molecule has 2 N–H and O–H groups in total. The smallest absolute Gasteiger partial charge is 0.119 e. The van der Waals surface area contributed by atoms with Crippen molar-refractivity contribution in [1.29, 1.82) is 0 Å². The van der Waals surface area contributed by atoms with Gasteiger partial charge in [-0.25, -0.2) is 9.97 Å². The van der Waals surface area contributed by atoms with Crippen LogP contribution in [-0.2, 0) is 0 Å². The van der Waals surface area contributed by atoms with Crippen molar-refractivity contribution < 1.29 is 4.74 Å². The van der Waals surface area contributed by atoms with E-state index in [-0.39, 0.29) is 0 Å². The molecule has 8 bridgehead atoms. The molecule has 5 nitrogen and oxygen atoms in total. The second-order valence-electron chi connectivity index (χ2n) is 11.1. The first-order chi connectivity index (χ1) is 22.7. The second-order valence-corrected chi connectivity index (χ2v) is 11.1. The van der Waals surface area contributed by atoms with E-state index in [1.165, 1.54) is 0 Å². The normalized spacial score (nSPS) is 11.8. The summed E-state index contributed by atoms with van der Waals surface area (Å²) in [5.74, 6) is 3.68. The molecule has 2 aliphatic rings. The van der Waals surface area contributed by atoms with Gasteiger partial charge >= 0.3 is 0 Å². The maximum atomic E-state index is 6.15. The molecule has 8 rings (SSSR count). The first kappa shape index (κ1) is 27.2. The van der Waals surface area contributed by atoms with Crippen molar-refractivity contribution in [2.75, 3.05) is 7.11 Å². The van der Waals surface area contributed by atoms with E-state index in [4.69, 9.17) is 21.1 Å². The summed E-state index contributed by atoms with van der Waals surface area (Å²) in [7, 11) is 1.69. The van der Waals surface area contributed by atoms with Gasteiger partial charge in [-0.1, -0.05) is 78.7 Å². The number of terminal acetylenes is 1. The van der Waals surface area contributed by atoms with Crippen LogP contribution in [0.15, 0.2) is 109 Å². The van der Waals surface area contributed by atoms with Crippen LogP contribution in [-0.4, -0.2) is 27.0 Å². The fourth-order valence-electron chi connectivity index (χ4n) is 6.26. The van der Waals surface area contributed by atoms with Gasteiger partial charge in [0.2, 0.25) is 0 Å². The molecule has 0 amide bonds. The number of aromatic nitrogens is 4. The molecular weight excluding hydrogens is 564 g/mol. The number of aromatic amines is 2. The predicted molar refractivity (Wildman–Crippen MR) is 190 cm³/mol. The van der Waals surface area contributed by atoms with Crippen molar-refractivity contribution in [2.45, 2.75) is 0 Å². The third-order valence-electron chi connectivity index (χ3n) is 8.38. The summed E-state index contributed by atoms with van der Waals surface area (Å²) in [5.41, 5.74) is 13.6.